The van der Waals surface area contributed by atoms with Crippen molar-refractivity contribution in [2.45, 2.75) is 12.6 Å². The van der Waals surface area contributed by atoms with Crippen LogP contribution in [0.25, 0.3) is 27.6 Å². The Morgan fingerprint density at radius 2 is 2.21 bits per heavy atom. The number of aromatic nitrogens is 2. The third kappa shape index (κ3) is 2.50. The van der Waals surface area contributed by atoms with Gasteiger partial charge >= 0.3 is 0 Å². The van der Waals surface area contributed by atoms with Gasteiger partial charge in [-0.15, -0.1) is 6.42 Å². The maximum Gasteiger partial charge on any atom is 0.296 e. The van der Waals surface area contributed by atoms with Crippen molar-refractivity contribution in [3.05, 3.63) is 54.4 Å². The van der Waals surface area contributed by atoms with Crippen molar-refractivity contribution in [2.75, 3.05) is 12.0 Å². The zero-order valence-electron chi connectivity index (χ0n) is 15.6. The van der Waals surface area contributed by atoms with Crippen LogP contribution in [-0.4, -0.2) is 34.0 Å². The molecule has 0 aliphatic carbocycles. The van der Waals surface area contributed by atoms with Crippen LogP contribution in [0, 0.1) is 12.3 Å². The molecule has 5 rings (SSSR count). The summed E-state index contributed by atoms with van der Waals surface area (Å²) in [6, 6.07) is 9.74. The van der Waals surface area contributed by atoms with Crippen LogP contribution in [0.5, 0.6) is 0 Å². The number of para-hydroxylation sites is 1. The highest BCUT2D eigenvalue weighted by Gasteiger charge is 2.37. The number of amides is 1. The monoisotopic (exact) mass is 382 g/mol. The van der Waals surface area contributed by atoms with Crippen LogP contribution in [0.1, 0.15) is 11.3 Å². The first-order valence-electron chi connectivity index (χ1n) is 9.20. The third-order valence-electron chi connectivity index (χ3n) is 5.42. The van der Waals surface area contributed by atoms with Gasteiger partial charge in [0, 0.05) is 29.3 Å². The average Bonchev–Trinajstić information content (AvgIpc) is 3.23. The molecule has 1 amide bonds. The number of nitrogens with one attached hydrogen (secondary N) is 2. The second-order valence-corrected chi connectivity index (χ2v) is 7.05. The zero-order chi connectivity index (χ0) is 20.1. The number of nitrogens with two attached hydrogens (primary N) is 1. The summed E-state index contributed by atoms with van der Waals surface area (Å²) in [7, 11) is 0. The van der Waals surface area contributed by atoms with Gasteiger partial charge in [0.05, 0.1) is 22.8 Å². The molecule has 0 fully saturated rings. The van der Waals surface area contributed by atoms with E-state index < -0.39 is 5.91 Å². The van der Waals surface area contributed by atoms with Crippen molar-refractivity contribution in [2.24, 2.45) is 10.7 Å². The van der Waals surface area contributed by atoms with Crippen LogP contribution < -0.4 is 16.4 Å². The molecule has 2 aromatic heterocycles. The number of hydrogen-bond acceptors (Lipinski definition) is 5. The number of carbonyl (C=O) groups is 1. The van der Waals surface area contributed by atoms with Crippen LogP contribution in [0.4, 0.5) is 5.82 Å². The summed E-state index contributed by atoms with van der Waals surface area (Å²) in [4.78, 5) is 20.7. The molecule has 7 heteroatoms. The van der Waals surface area contributed by atoms with E-state index in [0.717, 1.165) is 44.7 Å². The van der Waals surface area contributed by atoms with E-state index in [1.54, 1.807) is 0 Å². The Kier molecular flexibility index (Phi) is 3.68. The number of terminal acetylenes is 1. The summed E-state index contributed by atoms with van der Waals surface area (Å²) >= 11 is 0. The molecule has 4 N–H and O–H groups in total. The molecule has 0 unspecified atom stereocenters. The summed E-state index contributed by atoms with van der Waals surface area (Å²) in [6.07, 6.45) is 7.06. The number of amidine groups is 1. The standard InChI is InChI=1S/C22H18N6O/c1-3-17(29)27-16-10-28-20(12(16)2)18(19-21(23)25-11-26-22(19)28)14-8-13-6-4-5-7-15(13)24-9-14/h1,4-9,16,26H,2,10-11H2,(H2,23,25)(H,27,29)/t16-/m1/s1. The second kappa shape index (κ2) is 6.24. The summed E-state index contributed by atoms with van der Waals surface area (Å²) in [5, 5.41) is 7.17. The summed E-state index contributed by atoms with van der Waals surface area (Å²) in [5.74, 6) is 2.99. The summed E-state index contributed by atoms with van der Waals surface area (Å²) in [5.41, 5.74) is 11.6. The minimum atomic E-state index is -0.460. The quantitative estimate of drug-likeness (QED) is 0.590. The van der Waals surface area contributed by atoms with E-state index in [4.69, 9.17) is 12.2 Å². The molecule has 0 spiro atoms. The number of benzene rings is 1. The lowest BCUT2D eigenvalue weighted by molar-refractivity contribution is -0.116. The maximum atomic E-state index is 11.8. The van der Waals surface area contributed by atoms with Crippen molar-refractivity contribution >= 4 is 34.0 Å². The largest absolute Gasteiger partial charge is 0.383 e. The normalized spacial score (nSPS) is 17.1. The average molecular weight is 382 g/mol. The van der Waals surface area contributed by atoms with Crippen LogP contribution in [0.15, 0.2) is 48.1 Å². The molecule has 3 aromatic rings. The van der Waals surface area contributed by atoms with Gasteiger partial charge in [-0.25, -0.2) is 4.99 Å². The second-order valence-electron chi connectivity index (χ2n) is 7.05. The molecule has 2 aliphatic rings. The molecule has 0 bridgehead atoms. The van der Waals surface area contributed by atoms with Crippen molar-refractivity contribution in [1.82, 2.24) is 14.9 Å². The lowest BCUT2D eigenvalue weighted by Gasteiger charge is -2.18. The van der Waals surface area contributed by atoms with Crippen LogP contribution >= 0.6 is 0 Å². The number of aliphatic imine (C=N–C) groups is 1. The Morgan fingerprint density at radius 3 is 3.03 bits per heavy atom. The van der Waals surface area contributed by atoms with Gasteiger partial charge in [0.25, 0.3) is 5.91 Å². The molecule has 0 saturated carbocycles. The Morgan fingerprint density at radius 1 is 1.38 bits per heavy atom. The van der Waals surface area contributed by atoms with E-state index in [2.05, 4.69) is 43.7 Å². The number of hydrogen-bond donors (Lipinski definition) is 3. The molecule has 4 heterocycles. The molecule has 0 saturated heterocycles. The Labute approximate surface area is 167 Å². The highest BCUT2D eigenvalue weighted by molar-refractivity contribution is 6.12. The molecular weight excluding hydrogens is 364 g/mol. The number of anilines is 1. The molecule has 142 valence electrons. The van der Waals surface area contributed by atoms with E-state index in [-0.39, 0.29) is 6.04 Å². The van der Waals surface area contributed by atoms with E-state index in [9.17, 15) is 4.79 Å². The maximum absolute atomic E-state index is 11.8. The molecule has 1 aromatic carbocycles. The van der Waals surface area contributed by atoms with Gasteiger partial charge in [-0.2, -0.15) is 0 Å². The summed E-state index contributed by atoms with van der Waals surface area (Å²) in [6.45, 7) is 5.16. The van der Waals surface area contributed by atoms with Gasteiger partial charge in [0.15, 0.2) is 0 Å². The number of carbonyl (C=O) groups excluding carboxylic acids is 1. The minimum absolute atomic E-state index is 0.284. The van der Waals surface area contributed by atoms with Gasteiger partial charge in [0.1, 0.15) is 18.3 Å². The minimum Gasteiger partial charge on any atom is -0.383 e. The van der Waals surface area contributed by atoms with E-state index >= 15 is 0 Å². The molecule has 1 atom stereocenters. The fourth-order valence-electron chi connectivity index (χ4n) is 4.13. The highest BCUT2D eigenvalue weighted by atomic mass is 16.1. The first-order valence-corrected chi connectivity index (χ1v) is 9.20. The molecule has 0 radical (unpaired) electrons. The highest BCUT2D eigenvalue weighted by Crippen LogP contribution is 2.44. The molecule has 29 heavy (non-hydrogen) atoms. The fourth-order valence-corrected chi connectivity index (χ4v) is 4.13. The van der Waals surface area contributed by atoms with Crippen molar-refractivity contribution < 1.29 is 4.79 Å². The first kappa shape index (κ1) is 17.1. The summed E-state index contributed by atoms with van der Waals surface area (Å²) < 4.78 is 2.09. The lowest BCUT2D eigenvalue weighted by atomic mass is 9.95. The molecular formula is C22H18N6O. The smallest absolute Gasteiger partial charge is 0.296 e. The van der Waals surface area contributed by atoms with Crippen molar-refractivity contribution in [3.63, 3.8) is 0 Å². The van der Waals surface area contributed by atoms with E-state index in [1.165, 1.54) is 0 Å². The Hall–Kier alpha value is -4.05. The van der Waals surface area contributed by atoms with Gasteiger partial charge in [-0.1, -0.05) is 24.8 Å². The number of fused-ring (bicyclic) bond motifs is 4. The van der Waals surface area contributed by atoms with E-state index in [1.807, 2.05) is 30.5 Å². The van der Waals surface area contributed by atoms with E-state index in [0.29, 0.717) is 19.0 Å². The van der Waals surface area contributed by atoms with Crippen molar-refractivity contribution in [3.8, 4) is 23.5 Å². The zero-order valence-corrected chi connectivity index (χ0v) is 15.6. The predicted octanol–water partition coefficient (Wildman–Crippen LogP) is 1.94. The van der Waals surface area contributed by atoms with Crippen LogP contribution in [0.2, 0.25) is 0 Å². The Balaban J connectivity index is 1.72. The molecule has 7 nitrogen and oxygen atoms in total. The SMILES string of the molecule is C#CC(=O)N[C@@H]1Cn2c3c(c(-c4cnc5ccccc5c4)c2C1=C)C(N)=NCN3. The molecule has 2 aliphatic heterocycles. The van der Waals surface area contributed by atoms with Crippen LogP contribution in [-0.2, 0) is 11.3 Å². The van der Waals surface area contributed by atoms with Gasteiger partial charge in [-0.3, -0.25) is 9.78 Å². The number of pyridine rings is 1. The van der Waals surface area contributed by atoms with Crippen LogP contribution in [0.3, 0.4) is 0 Å². The third-order valence-corrected chi connectivity index (χ3v) is 5.42. The number of nitrogens with zero attached hydrogens (tertiary/aromatic N) is 3. The van der Waals surface area contributed by atoms with Gasteiger partial charge < -0.3 is 20.9 Å². The number of rotatable bonds is 2. The van der Waals surface area contributed by atoms with Gasteiger partial charge in [-0.05, 0) is 23.6 Å². The first-order chi connectivity index (χ1) is 14.1. The fraction of sp³-hybridized carbons (Fsp3) is 0.136. The Bertz CT molecular complexity index is 1280. The van der Waals surface area contributed by atoms with Gasteiger partial charge in [0.2, 0.25) is 0 Å². The predicted molar refractivity (Wildman–Crippen MR) is 114 cm³/mol. The van der Waals surface area contributed by atoms with Crippen molar-refractivity contribution in [1.29, 1.82) is 0 Å². The topological polar surface area (TPSA) is 97.3 Å². The lowest BCUT2D eigenvalue weighted by Crippen LogP contribution is -2.34.